The maximum absolute atomic E-state index is 13.7. The van der Waals surface area contributed by atoms with Crippen LogP contribution < -0.4 is 10.1 Å². The molecule has 0 saturated carbocycles. The summed E-state index contributed by atoms with van der Waals surface area (Å²) in [6.07, 6.45) is -4.44. The maximum atomic E-state index is 13.7. The van der Waals surface area contributed by atoms with Gasteiger partial charge in [0.25, 0.3) is 0 Å². The Balaban J connectivity index is 1.94. The second kappa shape index (κ2) is 8.07. The largest absolute Gasteiger partial charge is 0.494 e. The highest BCUT2D eigenvalue weighted by Crippen LogP contribution is 2.29. The molecule has 0 aliphatic carbocycles. The van der Waals surface area contributed by atoms with Crippen molar-refractivity contribution in [2.75, 3.05) is 14.2 Å². The molecular weight excluding hydrogens is 352 g/mol. The zero-order chi connectivity index (χ0) is 19.3. The Kier molecular flexibility index (Phi) is 6.07. The molecule has 0 saturated heterocycles. The van der Waals surface area contributed by atoms with Crippen LogP contribution in [-0.2, 0) is 19.3 Å². The van der Waals surface area contributed by atoms with E-state index in [4.69, 9.17) is 4.74 Å². The number of methoxy groups -OCH3 is 1. The number of halogens is 4. The molecule has 0 aromatic heterocycles. The fourth-order valence-corrected chi connectivity index (χ4v) is 2.32. The summed E-state index contributed by atoms with van der Waals surface area (Å²) in [6.45, 7) is 0.0827. The predicted molar refractivity (Wildman–Crippen MR) is 88.1 cm³/mol. The van der Waals surface area contributed by atoms with Crippen molar-refractivity contribution in [1.29, 1.82) is 0 Å². The van der Waals surface area contributed by atoms with Crippen LogP contribution in [-0.4, -0.2) is 25.1 Å². The smallest absolute Gasteiger partial charge is 0.416 e. The van der Waals surface area contributed by atoms with Gasteiger partial charge < -0.3 is 15.0 Å². The van der Waals surface area contributed by atoms with E-state index in [2.05, 4.69) is 5.32 Å². The van der Waals surface area contributed by atoms with Crippen LogP contribution in [0.1, 0.15) is 16.7 Å². The first kappa shape index (κ1) is 19.6. The molecule has 0 aliphatic rings. The summed E-state index contributed by atoms with van der Waals surface area (Å²) in [6, 6.07) is 8.59. The molecule has 0 aliphatic heterocycles. The fraction of sp³-hybridized carbons (Fsp3) is 0.278. The van der Waals surface area contributed by atoms with Gasteiger partial charge in [-0.05, 0) is 35.4 Å². The van der Waals surface area contributed by atoms with E-state index < -0.39 is 23.6 Å². The van der Waals surface area contributed by atoms with Crippen LogP contribution in [0.25, 0.3) is 0 Å². The number of alkyl halides is 3. The summed E-state index contributed by atoms with van der Waals surface area (Å²) in [5.74, 6) is -0.437. The number of rotatable bonds is 5. The van der Waals surface area contributed by atoms with Gasteiger partial charge in [-0.25, -0.2) is 9.18 Å². The number of nitrogens with zero attached hydrogens (tertiary/aromatic N) is 1. The van der Waals surface area contributed by atoms with Gasteiger partial charge in [0, 0.05) is 20.1 Å². The summed E-state index contributed by atoms with van der Waals surface area (Å²) in [5, 5.41) is 2.54. The number of amides is 2. The molecule has 4 nitrogen and oxygen atoms in total. The van der Waals surface area contributed by atoms with Crippen molar-refractivity contribution in [2.45, 2.75) is 19.3 Å². The van der Waals surface area contributed by atoms with Gasteiger partial charge in [-0.15, -0.1) is 0 Å². The normalized spacial score (nSPS) is 11.2. The molecule has 2 aromatic rings. The van der Waals surface area contributed by atoms with Gasteiger partial charge in [0.15, 0.2) is 11.6 Å². The Labute approximate surface area is 148 Å². The zero-order valence-corrected chi connectivity index (χ0v) is 14.2. The van der Waals surface area contributed by atoms with Crippen molar-refractivity contribution in [1.82, 2.24) is 10.2 Å². The van der Waals surface area contributed by atoms with Crippen LogP contribution in [0.4, 0.5) is 22.4 Å². The number of hydrogen-bond donors (Lipinski definition) is 1. The minimum atomic E-state index is -4.44. The summed E-state index contributed by atoms with van der Waals surface area (Å²) in [4.78, 5) is 13.4. The van der Waals surface area contributed by atoms with Crippen molar-refractivity contribution >= 4 is 6.03 Å². The summed E-state index contributed by atoms with van der Waals surface area (Å²) < 4.78 is 56.6. The molecule has 0 bridgehead atoms. The Morgan fingerprint density at radius 2 is 1.88 bits per heavy atom. The highest BCUT2D eigenvalue weighted by molar-refractivity contribution is 5.73. The van der Waals surface area contributed by atoms with Crippen molar-refractivity contribution < 1.29 is 27.1 Å². The van der Waals surface area contributed by atoms with E-state index in [0.29, 0.717) is 11.1 Å². The Morgan fingerprint density at radius 3 is 2.50 bits per heavy atom. The van der Waals surface area contributed by atoms with Crippen LogP contribution in [0.3, 0.4) is 0 Å². The molecule has 26 heavy (non-hydrogen) atoms. The third-order valence-corrected chi connectivity index (χ3v) is 3.68. The third-order valence-electron chi connectivity index (χ3n) is 3.68. The summed E-state index contributed by atoms with van der Waals surface area (Å²) >= 11 is 0. The van der Waals surface area contributed by atoms with Gasteiger partial charge in [0.05, 0.1) is 12.7 Å². The Bertz CT molecular complexity index is 778. The SMILES string of the molecule is COc1ccc(CN(C)C(=O)NCc2cccc(C(F)(F)F)c2)cc1F. The second-order valence-electron chi connectivity index (χ2n) is 5.68. The van der Waals surface area contributed by atoms with Crippen LogP contribution in [0.2, 0.25) is 0 Å². The van der Waals surface area contributed by atoms with Crippen molar-refractivity contribution in [3.63, 3.8) is 0 Å². The van der Waals surface area contributed by atoms with E-state index in [1.165, 1.54) is 43.3 Å². The monoisotopic (exact) mass is 370 g/mol. The van der Waals surface area contributed by atoms with Crippen LogP contribution in [0.15, 0.2) is 42.5 Å². The van der Waals surface area contributed by atoms with E-state index in [0.717, 1.165) is 12.1 Å². The highest BCUT2D eigenvalue weighted by atomic mass is 19.4. The zero-order valence-electron chi connectivity index (χ0n) is 14.2. The average molecular weight is 370 g/mol. The lowest BCUT2D eigenvalue weighted by Gasteiger charge is -2.18. The number of benzene rings is 2. The first-order valence-electron chi connectivity index (χ1n) is 7.68. The molecule has 0 unspecified atom stereocenters. The van der Waals surface area contributed by atoms with Gasteiger partial charge in [-0.1, -0.05) is 18.2 Å². The number of ether oxygens (including phenoxy) is 1. The Morgan fingerprint density at radius 1 is 1.15 bits per heavy atom. The quantitative estimate of drug-likeness (QED) is 0.802. The van der Waals surface area contributed by atoms with Crippen LogP contribution >= 0.6 is 0 Å². The maximum Gasteiger partial charge on any atom is 0.416 e. The number of carbonyl (C=O) groups is 1. The highest BCUT2D eigenvalue weighted by Gasteiger charge is 2.30. The van der Waals surface area contributed by atoms with E-state index in [1.54, 1.807) is 6.07 Å². The molecule has 2 amide bonds. The first-order chi connectivity index (χ1) is 12.2. The Hall–Kier alpha value is -2.77. The standard InChI is InChI=1S/C18H18F4N2O2/c1-24(11-13-6-7-16(26-2)15(19)9-13)17(25)23-10-12-4-3-5-14(8-12)18(20,21)22/h3-9H,10-11H2,1-2H3,(H,23,25). The molecule has 140 valence electrons. The molecule has 2 aromatic carbocycles. The third kappa shape index (κ3) is 5.11. The fourth-order valence-electron chi connectivity index (χ4n) is 2.32. The lowest BCUT2D eigenvalue weighted by molar-refractivity contribution is -0.137. The van der Waals surface area contributed by atoms with E-state index in [-0.39, 0.29) is 18.8 Å². The molecule has 0 heterocycles. The molecule has 2 rings (SSSR count). The summed E-state index contributed by atoms with van der Waals surface area (Å²) in [7, 11) is 2.86. The molecule has 0 radical (unpaired) electrons. The van der Waals surface area contributed by atoms with Gasteiger partial charge >= 0.3 is 12.2 Å². The van der Waals surface area contributed by atoms with Gasteiger partial charge in [-0.3, -0.25) is 0 Å². The van der Waals surface area contributed by atoms with E-state index >= 15 is 0 Å². The van der Waals surface area contributed by atoms with Crippen molar-refractivity contribution in [3.05, 3.63) is 65.0 Å². The minimum Gasteiger partial charge on any atom is -0.494 e. The van der Waals surface area contributed by atoms with E-state index in [9.17, 15) is 22.4 Å². The van der Waals surface area contributed by atoms with Crippen molar-refractivity contribution in [3.8, 4) is 5.75 Å². The number of nitrogens with one attached hydrogen (secondary N) is 1. The molecule has 1 N–H and O–H groups in total. The lowest BCUT2D eigenvalue weighted by atomic mass is 10.1. The predicted octanol–water partition coefficient (Wildman–Crippen LogP) is 4.19. The number of carbonyl (C=O) groups excluding carboxylic acids is 1. The molecule has 0 atom stereocenters. The average Bonchev–Trinajstić information content (AvgIpc) is 2.59. The van der Waals surface area contributed by atoms with Gasteiger partial charge in [0.2, 0.25) is 0 Å². The van der Waals surface area contributed by atoms with Gasteiger partial charge in [-0.2, -0.15) is 13.2 Å². The number of hydrogen-bond acceptors (Lipinski definition) is 2. The summed E-state index contributed by atoms with van der Waals surface area (Å²) in [5.41, 5.74) is 0.114. The van der Waals surface area contributed by atoms with Crippen LogP contribution in [0.5, 0.6) is 5.75 Å². The minimum absolute atomic E-state index is 0.0515. The van der Waals surface area contributed by atoms with Crippen molar-refractivity contribution in [2.24, 2.45) is 0 Å². The number of urea groups is 1. The molecule has 0 spiro atoms. The lowest BCUT2D eigenvalue weighted by Crippen LogP contribution is -2.36. The molecule has 0 fully saturated rings. The van der Waals surface area contributed by atoms with E-state index in [1.807, 2.05) is 0 Å². The molecule has 8 heteroatoms. The van der Waals surface area contributed by atoms with Gasteiger partial charge in [0.1, 0.15) is 0 Å². The van der Waals surface area contributed by atoms with Crippen LogP contribution in [0, 0.1) is 5.82 Å². The first-order valence-corrected chi connectivity index (χ1v) is 7.68. The molecular formula is C18H18F4N2O2. The second-order valence-corrected chi connectivity index (χ2v) is 5.68. The topological polar surface area (TPSA) is 41.6 Å².